The normalized spacial score (nSPS) is 26.0. The molecule has 1 aromatic heterocycles. The number of amidine groups is 1. The number of nitrogens with zero attached hydrogens (tertiary/aromatic N) is 4. The Balaban J connectivity index is 1.56. The average Bonchev–Trinajstić information content (AvgIpc) is 3.50. The van der Waals surface area contributed by atoms with E-state index in [1.807, 2.05) is 24.0 Å². The molecule has 6 heteroatoms. The molecule has 4 heterocycles. The number of hydrogen-bond donors (Lipinski definition) is 0. The molecule has 0 amide bonds. The molecule has 0 radical (unpaired) electrons. The van der Waals surface area contributed by atoms with Crippen molar-refractivity contribution in [3.63, 3.8) is 0 Å². The van der Waals surface area contributed by atoms with Gasteiger partial charge in [0.15, 0.2) is 5.17 Å². The lowest BCUT2D eigenvalue weighted by Crippen LogP contribution is -2.35. The van der Waals surface area contributed by atoms with E-state index in [0.29, 0.717) is 6.04 Å². The molecule has 3 aliphatic rings. The first-order chi connectivity index (χ1) is 14.3. The fourth-order valence-electron chi connectivity index (χ4n) is 4.81. The molecule has 2 saturated heterocycles. The molecule has 0 aliphatic carbocycles. The smallest absolute Gasteiger partial charge is 0.160 e. The van der Waals surface area contributed by atoms with Gasteiger partial charge >= 0.3 is 0 Å². The minimum Gasteiger partial charge on any atom is -0.495 e. The summed E-state index contributed by atoms with van der Waals surface area (Å²) >= 11 is 1.88. The van der Waals surface area contributed by atoms with E-state index in [1.165, 1.54) is 29.3 Å². The number of methoxy groups -OCH3 is 1. The summed E-state index contributed by atoms with van der Waals surface area (Å²) in [7, 11) is 1.78. The van der Waals surface area contributed by atoms with Crippen molar-refractivity contribution < 1.29 is 4.74 Å². The SMILES string of the molecule is CC[C@H]1CSC2=N[C@@H](c3ccccn3)[C@@H](c3ccc(N4CCCC4)c(OC)c3)N21. The fourth-order valence-corrected chi connectivity index (χ4v) is 6.14. The van der Waals surface area contributed by atoms with Gasteiger partial charge in [0.25, 0.3) is 0 Å². The highest BCUT2D eigenvalue weighted by Crippen LogP contribution is 2.49. The molecule has 0 spiro atoms. The van der Waals surface area contributed by atoms with E-state index in [2.05, 4.69) is 52.0 Å². The van der Waals surface area contributed by atoms with E-state index in [1.54, 1.807) is 7.11 Å². The molecule has 2 aromatic rings. The molecular weight excluding hydrogens is 380 g/mol. The predicted molar refractivity (Wildman–Crippen MR) is 120 cm³/mol. The highest BCUT2D eigenvalue weighted by Gasteiger charge is 2.45. The summed E-state index contributed by atoms with van der Waals surface area (Å²) in [5, 5.41) is 1.17. The van der Waals surface area contributed by atoms with Gasteiger partial charge in [-0.05, 0) is 49.1 Å². The molecule has 0 saturated carbocycles. The highest BCUT2D eigenvalue weighted by atomic mass is 32.2. The molecule has 0 N–H and O–H groups in total. The van der Waals surface area contributed by atoms with Crippen LogP contribution in [-0.2, 0) is 0 Å². The predicted octanol–water partition coefficient (Wildman–Crippen LogP) is 4.67. The van der Waals surface area contributed by atoms with Crippen molar-refractivity contribution in [2.75, 3.05) is 30.9 Å². The van der Waals surface area contributed by atoms with Crippen LogP contribution in [0.25, 0.3) is 0 Å². The summed E-state index contributed by atoms with van der Waals surface area (Å²) < 4.78 is 5.85. The van der Waals surface area contributed by atoms with Crippen molar-refractivity contribution >= 4 is 22.6 Å². The molecule has 29 heavy (non-hydrogen) atoms. The molecule has 0 unspecified atom stereocenters. The highest BCUT2D eigenvalue weighted by molar-refractivity contribution is 8.14. The topological polar surface area (TPSA) is 41.0 Å². The molecule has 5 rings (SSSR count). The molecule has 2 fully saturated rings. The summed E-state index contributed by atoms with van der Waals surface area (Å²) in [5.41, 5.74) is 3.52. The van der Waals surface area contributed by atoms with Gasteiger partial charge in [-0.15, -0.1) is 0 Å². The maximum atomic E-state index is 5.85. The summed E-state index contributed by atoms with van der Waals surface area (Å²) in [5.74, 6) is 2.08. The van der Waals surface area contributed by atoms with Crippen molar-refractivity contribution in [3.8, 4) is 5.75 Å². The van der Waals surface area contributed by atoms with Crippen molar-refractivity contribution in [2.45, 2.75) is 44.3 Å². The van der Waals surface area contributed by atoms with Gasteiger partial charge in [0, 0.05) is 31.1 Å². The van der Waals surface area contributed by atoms with Gasteiger partial charge in [-0.3, -0.25) is 9.98 Å². The second-order valence-corrected chi connectivity index (χ2v) is 8.95. The van der Waals surface area contributed by atoms with E-state index >= 15 is 0 Å². The second kappa shape index (κ2) is 7.90. The van der Waals surface area contributed by atoms with Gasteiger partial charge in [0.1, 0.15) is 11.8 Å². The number of thioether (sulfide) groups is 1. The van der Waals surface area contributed by atoms with Crippen LogP contribution < -0.4 is 9.64 Å². The van der Waals surface area contributed by atoms with Gasteiger partial charge in [0.2, 0.25) is 0 Å². The Hall–Kier alpha value is -2.21. The van der Waals surface area contributed by atoms with Crippen LogP contribution >= 0.6 is 11.8 Å². The number of aliphatic imine (C=N–C) groups is 1. The van der Waals surface area contributed by atoms with Crippen molar-refractivity contribution in [2.24, 2.45) is 4.99 Å². The van der Waals surface area contributed by atoms with Crippen LogP contribution in [0, 0.1) is 0 Å². The number of anilines is 1. The number of aromatic nitrogens is 1. The summed E-state index contributed by atoms with van der Waals surface area (Å²) in [6, 6.07) is 13.6. The van der Waals surface area contributed by atoms with Crippen LogP contribution in [0.5, 0.6) is 5.75 Å². The lowest BCUT2D eigenvalue weighted by molar-refractivity contribution is 0.254. The van der Waals surface area contributed by atoms with Crippen LogP contribution in [-0.4, -0.2) is 47.0 Å². The van der Waals surface area contributed by atoms with Gasteiger partial charge in [-0.2, -0.15) is 0 Å². The Kier molecular flexibility index (Phi) is 5.12. The third-order valence-electron chi connectivity index (χ3n) is 6.32. The summed E-state index contributed by atoms with van der Waals surface area (Å²) in [6.45, 7) is 4.50. The van der Waals surface area contributed by atoms with Gasteiger partial charge < -0.3 is 14.5 Å². The van der Waals surface area contributed by atoms with Crippen LogP contribution in [0.1, 0.15) is 49.5 Å². The molecule has 152 valence electrons. The Morgan fingerprint density at radius 3 is 2.76 bits per heavy atom. The molecule has 5 nitrogen and oxygen atoms in total. The number of pyridine rings is 1. The first kappa shape index (κ1) is 18.8. The minimum atomic E-state index is 0.0235. The van der Waals surface area contributed by atoms with E-state index in [9.17, 15) is 0 Å². The Morgan fingerprint density at radius 2 is 2.03 bits per heavy atom. The van der Waals surface area contributed by atoms with E-state index < -0.39 is 0 Å². The lowest BCUT2D eigenvalue weighted by atomic mass is 9.94. The zero-order valence-electron chi connectivity index (χ0n) is 17.1. The number of fused-ring (bicyclic) bond motifs is 1. The maximum Gasteiger partial charge on any atom is 0.160 e. The Bertz CT molecular complexity index is 897. The zero-order chi connectivity index (χ0) is 19.8. The third-order valence-corrected chi connectivity index (χ3v) is 7.45. The lowest BCUT2D eigenvalue weighted by Gasteiger charge is -2.32. The third kappa shape index (κ3) is 3.27. The molecule has 3 aliphatic heterocycles. The Morgan fingerprint density at radius 1 is 1.17 bits per heavy atom. The molecular formula is C23H28N4OS. The zero-order valence-corrected chi connectivity index (χ0v) is 17.9. The molecule has 3 atom stereocenters. The Labute approximate surface area is 177 Å². The van der Waals surface area contributed by atoms with Gasteiger partial charge in [0.05, 0.1) is 24.5 Å². The quantitative estimate of drug-likeness (QED) is 0.719. The largest absolute Gasteiger partial charge is 0.495 e. The first-order valence-electron chi connectivity index (χ1n) is 10.6. The van der Waals surface area contributed by atoms with Crippen LogP contribution in [0.4, 0.5) is 5.69 Å². The van der Waals surface area contributed by atoms with E-state index in [4.69, 9.17) is 9.73 Å². The van der Waals surface area contributed by atoms with Crippen LogP contribution in [0.15, 0.2) is 47.6 Å². The van der Waals surface area contributed by atoms with Crippen molar-refractivity contribution in [1.29, 1.82) is 0 Å². The summed E-state index contributed by atoms with van der Waals surface area (Å²) in [6.07, 6.45) is 5.52. The van der Waals surface area contributed by atoms with Crippen LogP contribution in [0.2, 0.25) is 0 Å². The number of rotatable bonds is 5. The summed E-state index contributed by atoms with van der Waals surface area (Å²) in [4.78, 5) is 14.8. The minimum absolute atomic E-state index is 0.0235. The van der Waals surface area contributed by atoms with Gasteiger partial charge in [-0.25, -0.2) is 0 Å². The molecule has 1 aromatic carbocycles. The monoisotopic (exact) mass is 408 g/mol. The average molecular weight is 409 g/mol. The maximum absolute atomic E-state index is 5.85. The first-order valence-corrected chi connectivity index (χ1v) is 11.6. The number of hydrogen-bond acceptors (Lipinski definition) is 6. The number of ether oxygens (including phenoxy) is 1. The second-order valence-electron chi connectivity index (χ2n) is 7.96. The molecule has 0 bridgehead atoms. The van der Waals surface area contributed by atoms with Crippen molar-refractivity contribution in [1.82, 2.24) is 9.88 Å². The van der Waals surface area contributed by atoms with Crippen molar-refractivity contribution in [3.05, 3.63) is 53.9 Å². The standard InChI is InChI=1S/C23H28N4OS/c1-3-17-15-29-23-25-21(18-8-4-5-11-24-18)22(27(17)23)16-9-10-19(20(14-16)28-2)26-12-6-7-13-26/h4-5,8-11,14,17,21-22H,3,6-7,12-13,15H2,1-2H3/t17-,21-,22+/m0/s1. The number of benzene rings is 1. The van der Waals surface area contributed by atoms with E-state index in [-0.39, 0.29) is 12.1 Å². The van der Waals surface area contributed by atoms with E-state index in [0.717, 1.165) is 36.7 Å². The van der Waals surface area contributed by atoms with Crippen LogP contribution in [0.3, 0.4) is 0 Å². The van der Waals surface area contributed by atoms with Gasteiger partial charge in [-0.1, -0.05) is 30.8 Å². The fraction of sp³-hybridized carbons (Fsp3) is 0.478.